The molecule has 1 atom stereocenters. The van der Waals surface area contributed by atoms with Crippen molar-refractivity contribution in [3.63, 3.8) is 0 Å². The van der Waals surface area contributed by atoms with Crippen molar-refractivity contribution >= 4 is 17.4 Å². The SMILES string of the molecule is CCCCN.O=C1OCCN1S(=O)O.[HH]. The Bertz CT molecular complexity index is 203. The number of carbonyl (C=O) groups excluding carboxylic acids is 1. The van der Waals surface area contributed by atoms with Gasteiger partial charge in [0.1, 0.15) is 6.61 Å². The molecular weight excluding hydrogens is 208 g/mol. The van der Waals surface area contributed by atoms with Crippen LogP contribution in [0.2, 0.25) is 0 Å². The standard InChI is InChI=1S/C4H11N.C3H5NO4S.H2/c1-2-3-4-5;5-3-4(9(6)7)1-2-8-3;/h2-5H2,1H3;1-2H2,(H,6,7);1H. The van der Waals surface area contributed by atoms with Gasteiger partial charge in [-0.2, -0.15) is 4.31 Å². The molecule has 6 nitrogen and oxygen atoms in total. The van der Waals surface area contributed by atoms with Gasteiger partial charge in [0.15, 0.2) is 0 Å². The third kappa shape index (κ3) is 5.15. The normalized spacial score (nSPS) is 17.1. The molecular formula is C7H18N2O4S. The Hall–Kier alpha value is -0.660. The minimum absolute atomic E-state index is 0. The molecule has 1 heterocycles. The molecule has 0 aliphatic carbocycles. The number of unbranched alkanes of at least 4 members (excludes halogenated alkanes) is 1. The van der Waals surface area contributed by atoms with Crippen LogP contribution in [0.3, 0.4) is 0 Å². The highest BCUT2D eigenvalue weighted by molar-refractivity contribution is 7.77. The van der Waals surface area contributed by atoms with Crippen molar-refractivity contribution in [1.29, 1.82) is 0 Å². The summed E-state index contributed by atoms with van der Waals surface area (Å²) in [6.45, 7) is 3.37. The Morgan fingerprint density at radius 3 is 2.57 bits per heavy atom. The summed E-state index contributed by atoms with van der Waals surface area (Å²) in [4.78, 5) is 10.4. The van der Waals surface area contributed by atoms with Gasteiger partial charge in [-0.25, -0.2) is 9.00 Å². The molecule has 0 aromatic rings. The van der Waals surface area contributed by atoms with Gasteiger partial charge in [-0.1, -0.05) is 13.3 Å². The number of nitrogens with zero attached hydrogens (tertiary/aromatic N) is 1. The summed E-state index contributed by atoms with van der Waals surface area (Å²) in [5, 5.41) is 0. The molecule has 0 radical (unpaired) electrons. The lowest BCUT2D eigenvalue weighted by Crippen LogP contribution is -2.25. The average molecular weight is 226 g/mol. The highest BCUT2D eigenvalue weighted by Gasteiger charge is 2.26. The summed E-state index contributed by atoms with van der Waals surface area (Å²) in [7, 11) is 0. The first-order valence-corrected chi connectivity index (χ1v) is 5.45. The zero-order valence-corrected chi connectivity index (χ0v) is 8.96. The predicted octanol–water partition coefficient (Wildman–Crippen LogP) is 0.567. The van der Waals surface area contributed by atoms with Crippen LogP contribution in [0, 0.1) is 0 Å². The van der Waals surface area contributed by atoms with Gasteiger partial charge in [0.25, 0.3) is 11.3 Å². The zero-order chi connectivity index (χ0) is 11.0. The molecule has 0 aromatic carbocycles. The van der Waals surface area contributed by atoms with Crippen LogP contribution in [-0.2, 0) is 16.0 Å². The summed E-state index contributed by atoms with van der Waals surface area (Å²) < 4.78 is 23.6. The number of rotatable bonds is 3. The van der Waals surface area contributed by atoms with Crippen LogP contribution in [0.5, 0.6) is 0 Å². The fourth-order valence-corrected chi connectivity index (χ4v) is 1.14. The van der Waals surface area contributed by atoms with Gasteiger partial charge in [-0.05, 0) is 13.0 Å². The number of ether oxygens (including phenoxy) is 1. The lowest BCUT2D eigenvalue weighted by atomic mass is 10.3. The van der Waals surface area contributed by atoms with Gasteiger partial charge in [0.2, 0.25) is 0 Å². The zero-order valence-electron chi connectivity index (χ0n) is 8.14. The van der Waals surface area contributed by atoms with Crippen molar-refractivity contribution in [3.8, 4) is 0 Å². The summed E-state index contributed by atoms with van der Waals surface area (Å²) in [6, 6.07) is 0. The molecule has 14 heavy (non-hydrogen) atoms. The highest BCUT2D eigenvalue weighted by atomic mass is 32.2. The Morgan fingerprint density at radius 1 is 1.79 bits per heavy atom. The molecule has 1 unspecified atom stereocenters. The third-order valence-electron chi connectivity index (χ3n) is 1.47. The van der Waals surface area contributed by atoms with Crippen molar-refractivity contribution in [3.05, 3.63) is 0 Å². The Labute approximate surface area is 87.3 Å². The maximum absolute atomic E-state index is 10.4. The Balaban J connectivity index is 0. The lowest BCUT2D eigenvalue weighted by molar-refractivity contribution is 0.169. The Kier molecular flexibility index (Phi) is 7.35. The third-order valence-corrected chi connectivity index (χ3v) is 2.18. The molecule has 1 aliphatic heterocycles. The second-order valence-corrected chi connectivity index (χ2v) is 3.49. The molecule has 0 aromatic heterocycles. The Morgan fingerprint density at radius 2 is 2.43 bits per heavy atom. The molecule has 0 bridgehead atoms. The number of nitrogens with two attached hydrogens (primary N) is 1. The smallest absolute Gasteiger partial charge is 0.423 e. The molecule has 0 spiro atoms. The van der Waals surface area contributed by atoms with Crippen LogP contribution >= 0.6 is 0 Å². The fourth-order valence-electron chi connectivity index (χ4n) is 0.725. The van der Waals surface area contributed by atoms with Gasteiger partial charge in [-0.3, -0.25) is 4.55 Å². The summed E-state index contributed by atoms with van der Waals surface area (Å²) in [5.41, 5.74) is 5.14. The fraction of sp³-hybridized carbons (Fsp3) is 0.857. The van der Waals surface area contributed by atoms with E-state index in [9.17, 15) is 9.00 Å². The molecule has 0 saturated carbocycles. The molecule has 1 fully saturated rings. The van der Waals surface area contributed by atoms with E-state index in [2.05, 4.69) is 11.7 Å². The summed E-state index contributed by atoms with van der Waals surface area (Å²) in [6.07, 6.45) is 1.66. The maximum Gasteiger partial charge on any atom is 0.423 e. The van der Waals surface area contributed by atoms with E-state index in [1.54, 1.807) is 0 Å². The molecule has 3 N–H and O–H groups in total. The van der Waals surface area contributed by atoms with Crippen LogP contribution < -0.4 is 5.73 Å². The van der Waals surface area contributed by atoms with E-state index in [0.29, 0.717) is 0 Å². The van der Waals surface area contributed by atoms with Gasteiger partial charge >= 0.3 is 6.09 Å². The molecule has 1 aliphatic rings. The minimum atomic E-state index is -2.21. The second kappa shape index (κ2) is 7.72. The van der Waals surface area contributed by atoms with Crippen LogP contribution in [0.25, 0.3) is 0 Å². The van der Waals surface area contributed by atoms with Gasteiger partial charge < -0.3 is 10.5 Å². The van der Waals surface area contributed by atoms with E-state index in [0.717, 1.165) is 10.8 Å². The van der Waals surface area contributed by atoms with E-state index in [4.69, 9.17) is 10.3 Å². The van der Waals surface area contributed by atoms with Crippen molar-refractivity contribution in [2.24, 2.45) is 5.73 Å². The first-order chi connectivity index (χ1) is 6.63. The average Bonchev–Trinajstić information content (AvgIpc) is 2.54. The van der Waals surface area contributed by atoms with Crippen molar-refractivity contribution < 1.29 is 19.7 Å². The number of hydrogen-bond donors (Lipinski definition) is 2. The quantitative estimate of drug-likeness (QED) is 0.686. The van der Waals surface area contributed by atoms with E-state index < -0.39 is 17.4 Å². The minimum Gasteiger partial charge on any atom is -0.447 e. The second-order valence-electron chi connectivity index (χ2n) is 2.59. The van der Waals surface area contributed by atoms with Crippen molar-refractivity contribution in [1.82, 2.24) is 4.31 Å². The lowest BCUT2D eigenvalue weighted by Gasteiger charge is -2.02. The van der Waals surface area contributed by atoms with Gasteiger partial charge in [0.05, 0.1) is 6.54 Å². The summed E-state index contributed by atoms with van der Waals surface area (Å²) in [5.74, 6) is 0. The maximum atomic E-state index is 10.4. The van der Waals surface area contributed by atoms with Crippen molar-refractivity contribution in [2.45, 2.75) is 19.8 Å². The number of amides is 1. The monoisotopic (exact) mass is 226 g/mol. The predicted molar refractivity (Wildman–Crippen MR) is 54.9 cm³/mol. The molecule has 86 valence electrons. The van der Waals surface area contributed by atoms with E-state index in [-0.39, 0.29) is 14.6 Å². The largest absolute Gasteiger partial charge is 0.447 e. The van der Waals surface area contributed by atoms with Gasteiger partial charge in [0, 0.05) is 1.43 Å². The van der Waals surface area contributed by atoms with Crippen molar-refractivity contribution in [2.75, 3.05) is 19.7 Å². The molecule has 1 amide bonds. The molecule has 1 saturated heterocycles. The first kappa shape index (κ1) is 13.3. The van der Waals surface area contributed by atoms with E-state index in [1.165, 1.54) is 12.8 Å². The van der Waals surface area contributed by atoms with Crippen LogP contribution in [-0.4, -0.2) is 38.9 Å². The van der Waals surface area contributed by atoms with E-state index in [1.807, 2.05) is 0 Å². The molecule has 7 heteroatoms. The van der Waals surface area contributed by atoms with Gasteiger partial charge in [-0.15, -0.1) is 0 Å². The van der Waals surface area contributed by atoms with E-state index >= 15 is 0 Å². The highest BCUT2D eigenvalue weighted by Crippen LogP contribution is 2.03. The number of carbonyl (C=O) groups is 1. The number of cyclic esters (lactones) is 1. The van der Waals surface area contributed by atoms with Crippen LogP contribution in [0.4, 0.5) is 4.79 Å². The summed E-state index contributed by atoms with van der Waals surface area (Å²) >= 11 is -2.21. The van der Waals surface area contributed by atoms with Crippen LogP contribution in [0.15, 0.2) is 0 Å². The first-order valence-electron chi connectivity index (χ1n) is 4.38. The van der Waals surface area contributed by atoms with Crippen LogP contribution in [0.1, 0.15) is 21.2 Å². The topological polar surface area (TPSA) is 92.9 Å². The number of hydrogen-bond acceptors (Lipinski definition) is 4. The molecule has 1 rings (SSSR count).